The Kier molecular flexibility index (Phi) is 7.22. The normalized spacial score (nSPS) is 14.4. The van der Waals surface area contributed by atoms with Crippen molar-refractivity contribution in [2.45, 2.75) is 57.6 Å². The predicted molar refractivity (Wildman–Crippen MR) is 86.2 cm³/mol. The molecule has 106 valence electrons. The predicted octanol–water partition coefficient (Wildman–Crippen LogP) is 5.01. The molecule has 0 aliphatic heterocycles. The van der Waals surface area contributed by atoms with Gasteiger partial charge < -0.3 is 4.79 Å². The number of benzene rings is 1. The van der Waals surface area contributed by atoms with Crippen LogP contribution in [0.3, 0.4) is 0 Å². The van der Waals surface area contributed by atoms with Crippen LogP contribution in [0.4, 0.5) is 0 Å². The third-order valence-corrected chi connectivity index (χ3v) is 4.76. The van der Waals surface area contributed by atoms with E-state index in [4.69, 9.17) is 0 Å². The molecule has 2 unspecified atom stereocenters. The van der Waals surface area contributed by atoms with Gasteiger partial charge in [-0.25, -0.2) is 0 Å². The van der Waals surface area contributed by atoms with Gasteiger partial charge in [-0.3, -0.25) is 0 Å². The van der Waals surface area contributed by atoms with Crippen molar-refractivity contribution in [1.29, 1.82) is 0 Å². The minimum Gasteiger partial charge on any atom is -0.303 e. The summed E-state index contributed by atoms with van der Waals surface area (Å²) in [6.45, 7) is 8.90. The van der Waals surface area contributed by atoms with E-state index in [9.17, 15) is 4.79 Å². The quantitative estimate of drug-likeness (QED) is 0.621. The number of hydrogen-bond acceptors (Lipinski definition) is 2. The summed E-state index contributed by atoms with van der Waals surface area (Å²) in [5.74, 6) is 2.31. The highest BCUT2D eigenvalue weighted by atomic mass is 32.2. The van der Waals surface area contributed by atoms with Crippen LogP contribution in [-0.4, -0.2) is 17.3 Å². The molecule has 0 aromatic heterocycles. The lowest BCUT2D eigenvalue weighted by molar-refractivity contribution is -0.107. The zero-order valence-electron chi connectivity index (χ0n) is 12.6. The lowest BCUT2D eigenvalue weighted by atomic mass is 9.93. The first-order valence-electron chi connectivity index (χ1n) is 7.19. The Bertz CT molecular complexity index is 387. The van der Waals surface area contributed by atoms with E-state index in [1.807, 2.05) is 11.8 Å². The molecule has 0 saturated heterocycles. The first kappa shape index (κ1) is 16.3. The highest BCUT2D eigenvalue weighted by molar-refractivity contribution is 7.99. The molecule has 2 atom stereocenters. The topological polar surface area (TPSA) is 17.1 Å². The van der Waals surface area contributed by atoms with E-state index in [0.717, 1.165) is 12.0 Å². The fourth-order valence-electron chi connectivity index (χ4n) is 2.04. The third kappa shape index (κ3) is 5.82. The van der Waals surface area contributed by atoms with Gasteiger partial charge in [-0.2, -0.15) is 11.8 Å². The largest absolute Gasteiger partial charge is 0.303 e. The van der Waals surface area contributed by atoms with Crippen LogP contribution < -0.4 is 0 Å². The molecule has 1 rings (SSSR count). The lowest BCUT2D eigenvalue weighted by Crippen LogP contribution is -2.02. The van der Waals surface area contributed by atoms with Crippen molar-refractivity contribution < 1.29 is 4.79 Å². The molecule has 1 aromatic rings. The fraction of sp³-hybridized carbons (Fsp3) is 0.588. The number of aldehydes is 1. The van der Waals surface area contributed by atoms with E-state index in [2.05, 4.69) is 52.0 Å². The van der Waals surface area contributed by atoms with Crippen molar-refractivity contribution in [2.75, 3.05) is 5.75 Å². The van der Waals surface area contributed by atoms with Gasteiger partial charge in [0.2, 0.25) is 0 Å². The van der Waals surface area contributed by atoms with Crippen LogP contribution in [0.1, 0.15) is 63.5 Å². The number of hydrogen-bond donors (Lipinski definition) is 0. The Morgan fingerprint density at radius 1 is 1.16 bits per heavy atom. The maximum Gasteiger partial charge on any atom is 0.121 e. The molecule has 0 aliphatic rings. The summed E-state index contributed by atoms with van der Waals surface area (Å²) < 4.78 is 0. The van der Waals surface area contributed by atoms with Gasteiger partial charge in [0, 0.05) is 11.7 Å². The Hall–Kier alpha value is -0.760. The summed E-state index contributed by atoms with van der Waals surface area (Å²) in [6.07, 6.45) is 2.87. The smallest absolute Gasteiger partial charge is 0.121 e. The number of thioether (sulfide) groups is 1. The first-order valence-corrected chi connectivity index (χ1v) is 8.24. The molecule has 0 spiro atoms. The van der Waals surface area contributed by atoms with E-state index < -0.39 is 0 Å². The van der Waals surface area contributed by atoms with Crippen molar-refractivity contribution in [2.24, 2.45) is 0 Å². The molecule has 0 radical (unpaired) electrons. The number of rotatable bonds is 8. The van der Waals surface area contributed by atoms with Crippen molar-refractivity contribution in [1.82, 2.24) is 0 Å². The average Bonchev–Trinajstić information content (AvgIpc) is 2.39. The molecule has 1 nitrogen and oxygen atoms in total. The molecule has 0 fully saturated rings. The van der Waals surface area contributed by atoms with Crippen molar-refractivity contribution in [3.8, 4) is 0 Å². The second-order valence-corrected chi connectivity index (χ2v) is 7.14. The van der Waals surface area contributed by atoms with E-state index >= 15 is 0 Å². The van der Waals surface area contributed by atoms with Crippen molar-refractivity contribution >= 4 is 18.0 Å². The second kappa shape index (κ2) is 8.42. The maximum absolute atomic E-state index is 10.4. The Labute approximate surface area is 122 Å². The van der Waals surface area contributed by atoms with E-state index in [1.165, 1.54) is 17.5 Å². The minimum absolute atomic E-state index is 0.451. The summed E-state index contributed by atoms with van der Waals surface area (Å²) in [6, 6.07) is 8.95. The SMILES string of the molecule is CC(CC=O)SCCC(C)c1cccc(C(C)C)c1. The Morgan fingerprint density at radius 3 is 2.47 bits per heavy atom. The summed E-state index contributed by atoms with van der Waals surface area (Å²) in [5.41, 5.74) is 2.86. The molecule has 0 saturated carbocycles. The van der Waals surface area contributed by atoms with Crippen LogP contribution in [0.5, 0.6) is 0 Å². The second-order valence-electron chi connectivity index (χ2n) is 5.60. The fourth-order valence-corrected chi connectivity index (χ4v) is 3.15. The highest BCUT2D eigenvalue weighted by Gasteiger charge is 2.09. The molecule has 1 aromatic carbocycles. The standard InChI is InChI=1S/C17H26OS/c1-13(2)16-6-5-7-17(12-16)14(3)9-11-19-15(4)8-10-18/h5-7,10,12-15H,8-9,11H2,1-4H3. The molecule has 0 heterocycles. The Balaban J connectivity index is 2.47. The number of carbonyl (C=O) groups is 1. The molecule has 2 heteroatoms. The van der Waals surface area contributed by atoms with Gasteiger partial charge in [0.25, 0.3) is 0 Å². The zero-order chi connectivity index (χ0) is 14.3. The van der Waals surface area contributed by atoms with E-state index in [1.54, 1.807) is 0 Å². The van der Waals surface area contributed by atoms with E-state index in [0.29, 0.717) is 23.5 Å². The molecule has 0 N–H and O–H groups in total. The third-order valence-electron chi connectivity index (χ3n) is 3.53. The lowest BCUT2D eigenvalue weighted by Gasteiger charge is -2.15. The van der Waals surface area contributed by atoms with Crippen LogP contribution in [0, 0.1) is 0 Å². The van der Waals surface area contributed by atoms with Gasteiger partial charge in [0.15, 0.2) is 0 Å². The van der Waals surface area contributed by atoms with Crippen LogP contribution in [-0.2, 0) is 4.79 Å². The molecule has 0 aliphatic carbocycles. The van der Waals surface area contributed by atoms with E-state index in [-0.39, 0.29) is 0 Å². The van der Waals surface area contributed by atoms with Crippen LogP contribution in [0.25, 0.3) is 0 Å². The monoisotopic (exact) mass is 278 g/mol. The van der Waals surface area contributed by atoms with Gasteiger partial charge >= 0.3 is 0 Å². The highest BCUT2D eigenvalue weighted by Crippen LogP contribution is 2.26. The first-order chi connectivity index (χ1) is 9.04. The van der Waals surface area contributed by atoms with Crippen LogP contribution >= 0.6 is 11.8 Å². The molecular formula is C17H26OS. The minimum atomic E-state index is 0.451. The Morgan fingerprint density at radius 2 is 1.84 bits per heavy atom. The summed E-state index contributed by atoms with van der Waals surface area (Å²) in [4.78, 5) is 10.4. The van der Waals surface area contributed by atoms with Gasteiger partial charge in [-0.05, 0) is 35.1 Å². The summed E-state index contributed by atoms with van der Waals surface area (Å²) in [7, 11) is 0. The molecule has 0 bridgehead atoms. The van der Waals surface area contributed by atoms with Gasteiger partial charge in [0.1, 0.15) is 6.29 Å². The van der Waals surface area contributed by atoms with Crippen LogP contribution in [0.15, 0.2) is 24.3 Å². The van der Waals surface area contributed by atoms with Gasteiger partial charge in [0.05, 0.1) is 0 Å². The molecular weight excluding hydrogens is 252 g/mol. The number of carbonyl (C=O) groups excluding carboxylic acids is 1. The van der Waals surface area contributed by atoms with Gasteiger partial charge in [-0.1, -0.05) is 52.0 Å². The maximum atomic E-state index is 10.4. The summed E-state index contributed by atoms with van der Waals surface area (Å²) in [5, 5.41) is 0.451. The van der Waals surface area contributed by atoms with Gasteiger partial charge in [-0.15, -0.1) is 0 Å². The molecule has 0 amide bonds. The average molecular weight is 278 g/mol. The zero-order valence-corrected chi connectivity index (χ0v) is 13.4. The van der Waals surface area contributed by atoms with Crippen LogP contribution in [0.2, 0.25) is 0 Å². The van der Waals surface area contributed by atoms with Crippen molar-refractivity contribution in [3.63, 3.8) is 0 Å². The molecule has 19 heavy (non-hydrogen) atoms. The summed E-state index contributed by atoms with van der Waals surface area (Å²) >= 11 is 1.90. The van der Waals surface area contributed by atoms with Crippen molar-refractivity contribution in [3.05, 3.63) is 35.4 Å².